The molecule has 6 rings (SSSR count). The lowest BCUT2D eigenvalue weighted by atomic mass is 9.62. The number of anilines is 1. The number of aryl methyl sites for hydroxylation is 1. The summed E-state index contributed by atoms with van der Waals surface area (Å²) >= 11 is 6.36. The largest absolute Gasteiger partial charge is 0.487 e. The van der Waals surface area contributed by atoms with Gasteiger partial charge in [0.2, 0.25) is 10.0 Å². The molecule has 2 aromatic carbocycles. The maximum atomic E-state index is 13.5. The van der Waals surface area contributed by atoms with E-state index in [-0.39, 0.29) is 23.3 Å². The lowest BCUT2D eigenvalue weighted by Crippen LogP contribution is -2.49. The number of fused-ring (bicyclic) bond motifs is 3. The lowest BCUT2D eigenvalue weighted by Gasteiger charge is -2.50. The number of nitrogens with one attached hydrogen (secondary N) is 1. The van der Waals surface area contributed by atoms with Gasteiger partial charge in [0.15, 0.2) is 0 Å². The van der Waals surface area contributed by atoms with E-state index >= 15 is 0 Å². The van der Waals surface area contributed by atoms with Crippen LogP contribution in [0.4, 0.5) is 5.69 Å². The zero-order chi connectivity index (χ0) is 33.2. The molecule has 1 aromatic heterocycles. The first-order chi connectivity index (χ1) is 22.6. The molecule has 11 heteroatoms. The molecule has 3 aliphatic rings. The Morgan fingerprint density at radius 2 is 1.87 bits per heavy atom. The number of rotatable bonds is 2. The number of methoxy groups -OCH3 is 1. The summed E-state index contributed by atoms with van der Waals surface area (Å²) in [4.78, 5) is 24.5. The van der Waals surface area contributed by atoms with E-state index in [9.17, 15) is 13.2 Å². The van der Waals surface area contributed by atoms with Crippen LogP contribution in [0.1, 0.15) is 73.0 Å². The van der Waals surface area contributed by atoms with Crippen molar-refractivity contribution in [1.82, 2.24) is 14.7 Å². The molecule has 2 bridgehead atoms. The lowest BCUT2D eigenvalue weighted by molar-refractivity contribution is -0.0807. The first kappa shape index (κ1) is 33.4. The van der Waals surface area contributed by atoms with Gasteiger partial charge >= 0.3 is 0 Å². The predicted molar refractivity (Wildman–Crippen MR) is 183 cm³/mol. The van der Waals surface area contributed by atoms with Gasteiger partial charge in [-0.3, -0.25) is 4.79 Å². The van der Waals surface area contributed by atoms with Crippen molar-refractivity contribution < 1.29 is 22.7 Å². The molecule has 0 saturated heterocycles. The Bertz CT molecular complexity index is 1740. The first-order valence-corrected chi connectivity index (χ1v) is 18.4. The van der Waals surface area contributed by atoms with Gasteiger partial charge in [-0.1, -0.05) is 36.7 Å². The van der Waals surface area contributed by atoms with Crippen molar-refractivity contribution in [3.8, 4) is 5.75 Å². The van der Waals surface area contributed by atoms with Gasteiger partial charge in [0.25, 0.3) is 5.91 Å². The fraction of sp³-hybridized carbons (Fsp3) is 0.472. The second-order valence-corrected chi connectivity index (χ2v) is 15.6. The summed E-state index contributed by atoms with van der Waals surface area (Å²) in [5.74, 6) is 0.112. The molecule has 1 fully saturated rings. The number of aromatic nitrogens is 2. The van der Waals surface area contributed by atoms with E-state index in [2.05, 4.69) is 25.7 Å². The van der Waals surface area contributed by atoms with Crippen LogP contribution in [0.3, 0.4) is 0 Å². The molecule has 47 heavy (non-hydrogen) atoms. The predicted octanol–water partition coefficient (Wildman–Crippen LogP) is 6.46. The normalized spacial score (nSPS) is 28.7. The van der Waals surface area contributed by atoms with Crippen molar-refractivity contribution in [2.24, 2.45) is 17.8 Å². The van der Waals surface area contributed by atoms with E-state index in [0.29, 0.717) is 30.3 Å². The van der Waals surface area contributed by atoms with Crippen LogP contribution in [0, 0.1) is 17.8 Å². The fourth-order valence-electron chi connectivity index (χ4n) is 7.22. The first-order valence-electron chi connectivity index (χ1n) is 16.4. The summed E-state index contributed by atoms with van der Waals surface area (Å²) in [7, 11) is -2.25. The third-order valence-electron chi connectivity index (χ3n) is 10.4. The minimum atomic E-state index is -3.97. The SMILES string of the molecule is CO[C@@]1(c2cncnc2)/C=C/C[C@H](C)[C@@H](C)S(=O)(=O)NC(=O)c2ccc3c(c2)N(CCCCc2cc(Cl)ccc2CO3)C[C@@H]2CC[C@H]21. The molecule has 250 valence electrons. The number of benzene rings is 2. The van der Waals surface area contributed by atoms with Crippen LogP contribution in [0.2, 0.25) is 5.02 Å². The van der Waals surface area contributed by atoms with Crippen LogP contribution < -0.4 is 14.4 Å². The van der Waals surface area contributed by atoms with Crippen LogP contribution in [0.5, 0.6) is 5.75 Å². The molecule has 0 unspecified atom stereocenters. The Balaban J connectivity index is 1.45. The van der Waals surface area contributed by atoms with Gasteiger partial charge in [-0.2, -0.15) is 0 Å². The van der Waals surface area contributed by atoms with E-state index in [1.807, 2.05) is 43.6 Å². The van der Waals surface area contributed by atoms with Crippen LogP contribution in [-0.4, -0.2) is 49.7 Å². The second-order valence-electron chi connectivity index (χ2n) is 13.2. The number of nitrogens with zero attached hydrogens (tertiary/aromatic N) is 3. The molecular weight excluding hydrogens is 636 g/mol. The number of amides is 1. The van der Waals surface area contributed by atoms with E-state index in [1.54, 1.807) is 32.2 Å². The smallest absolute Gasteiger partial charge is 0.264 e. The fourth-order valence-corrected chi connectivity index (χ4v) is 8.70. The average molecular weight is 679 g/mol. The minimum absolute atomic E-state index is 0.125. The van der Waals surface area contributed by atoms with E-state index in [0.717, 1.165) is 55.5 Å². The molecule has 3 heterocycles. The molecule has 3 aromatic rings. The zero-order valence-electron chi connectivity index (χ0n) is 27.2. The maximum Gasteiger partial charge on any atom is 0.264 e. The highest BCUT2D eigenvalue weighted by molar-refractivity contribution is 7.90. The number of allylic oxidation sites excluding steroid dienone is 1. The molecular formula is C36H43ClN4O5S. The van der Waals surface area contributed by atoms with Crippen molar-refractivity contribution in [2.45, 2.75) is 69.8 Å². The molecule has 1 aliphatic carbocycles. The summed E-state index contributed by atoms with van der Waals surface area (Å²) in [6.45, 7) is 5.32. The van der Waals surface area contributed by atoms with Gasteiger partial charge in [-0.15, -0.1) is 0 Å². The number of carbonyl (C=O) groups is 1. The molecule has 1 amide bonds. The minimum Gasteiger partial charge on any atom is -0.487 e. The third-order valence-corrected chi connectivity index (χ3v) is 12.6. The van der Waals surface area contributed by atoms with Gasteiger partial charge in [-0.05, 0) is 98.7 Å². The Morgan fingerprint density at radius 3 is 2.62 bits per heavy atom. The highest BCUT2D eigenvalue weighted by atomic mass is 35.5. The highest BCUT2D eigenvalue weighted by Gasteiger charge is 2.48. The molecule has 2 aliphatic heterocycles. The zero-order valence-corrected chi connectivity index (χ0v) is 28.8. The van der Waals surface area contributed by atoms with Crippen LogP contribution >= 0.6 is 11.6 Å². The van der Waals surface area contributed by atoms with Crippen molar-refractivity contribution in [2.75, 3.05) is 25.1 Å². The number of hydrogen-bond donors (Lipinski definition) is 1. The maximum absolute atomic E-state index is 13.5. The number of sulfonamides is 1. The van der Waals surface area contributed by atoms with Gasteiger partial charge in [0, 0.05) is 54.7 Å². The Hall–Kier alpha value is -3.47. The van der Waals surface area contributed by atoms with E-state index in [4.69, 9.17) is 21.1 Å². The number of halogens is 1. The molecule has 1 N–H and O–H groups in total. The Morgan fingerprint density at radius 1 is 1.06 bits per heavy atom. The monoisotopic (exact) mass is 678 g/mol. The average Bonchev–Trinajstić information content (AvgIpc) is 3.08. The molecule has 0 radical (unpaired) electrons. The van der Waals surface area contributed by atoms with Crippen molar-refractivity contribution in [3.05, 3.63) is 94.5 Å². The van der Waals surface area contributed by atoms with E-state index in [1.165, 1.54) is 11.9 Å². The van der Waals surface area contributed by atoms with Crippen LogP contribution in [0.25, 0.3) is 0 Å². The second kappa shape index (κ2) is 13.9. The van der Waals surface area contributed by atoms with E-state index < -0.39 is 26.8 Å². The van der Waals surface area contributed by atoms with Crippen LogP contribution in [0.15, 0.2) is 67.3 Å². The highest BCUT2D eigenvalue weighted by Crippen LogP contribution is 2.50. The molecule has 0 spiro atoms. The summed E-state index contributed by atoms with van der Waals surface area (Å²) in [5.41, 5.74) is 3.37. The van der Waals surface area contributed by atoms with Gasteiger partial charge in [0.1, 0.15) is 24.3 Å². The quantitative estimate of drug-likeness (QED) is 0.308. The number of hydrogen-bond acceptors (Lipinski definition) is 8. The molecule has 9 nitrogen and oxygen atoms in total. The summed E-state index contributed by atoms with van der Waals surface area (Å²) in [5, 5.41) is -0.111. The standard InChI is InChI=1S/C36H43ClN4O5S/c1-24-7-6-15-36(45-3,30-19-38-23-39-20-30)32-13-10-28(32)21-41-16-5-4-8-26-17-31(37)12-9-29(26)22-46-34-14-11-27(18-33(34)41)35(42)40-47(43,44)25(24)2/h6,9,11-12,14-15,17-20,23-25,28,32H,4-5,7-8,10,13,16,21-22H2,1-3H3,(H,40,42)/b15-6+/t24-,25+,28-,32+,36+/m0/s1. The summed E-state index contributed by atoms with van der Waals surface area (Å²) < 4.78 is 42.1. The Labute approximate surface area is 282 Å². The van der Waals surface area contributed by atoms with Gasteiger partial charge in [-0.25, -0.2) is 23.1 Å². The van der Waals surface area contributed by atoms with Crippen molar-refractivity contribution >= 4 is 33.2 Å². The topological polar surface area (TPSA) is 111 Å². The molecule has 5 atom stereocenters. The van der Waals surface area contributed by atoms with Gasteiger partial charge in [0.05, 0.1) is 10.9 Å². The number of ether oxygens (including phenoxy) is 2. The summed E-state index contributed by atoms with van der Waals surface area (Å²) in [6, 6.07) is 11.1. The Kier molecular flexibility index (Phi) is 9.92. The van der Waals surface area contributed by atoms with Crippen molar-refractivity contribution in [1.29, 1.82) is 0 Å². The van der Waals surface area contributed by atoms with Crippen LogP contribution in [-0.2, 0) is 33.4 Å². The third kappa shape index (κ3) is 6.91. The molecule has 1 saturated carbocycles. The van der Waals surface area contributed by atoms with Crippen molar-refractivity contribution in [3.63, 3.8) is 0 Å². The number of carbonyl (C=O) groups excluding carboxylic acids is 1. The summed E-state index contributed by atoms with van der Waals surface area (Å²) in [6.07, 6.45) is 14.4. The van der Waals surface area contributed by atoms with Gasteiger partial charge < -0.3 is 14.4 Å².